The number of unbranched alkanes of at least 4 members (excludes halogenated alkanes) is 38. The number of aliphatic hydroxyl groups excluding tert-OH is 4. The van der Waals surface area contributed by atoms with Gasteiger partial charge in [-0.3, -0.25) is 4.79 Å². The summed E-state index contributed by atoms with van der Waals surface area (Å²) in [6.45, 7) is 4.04. The zero-order chi connectivity index (χ0) is 47.4. The van der Waals surface area contributed by atoms with E-state index in [1.807, 2.05) is 0 Å². The summed E-state index contributed by atoms with van der Waals surface area (Å²) in [7, 11) is 0. The lowest BCUT2D eigenvalue weighted by atomic mass is 10.00. The van der Waals surface area contributed by atoms with Crippen LogP contribution in [-0.2, 0) is 4.79 Å². The van der Waals surface area contributed by atoms with Crippen molar-refractivity contribution in [3.8, 4) is 0 Å². The standard InChI is InChI=1S/C59H113NO5/c1-3-5-7-9-11-13-15-16-17-18-19-20-21-22-23-24-25-26-27-28-29-30-31-32-33-34-35-36-37-38-39-40-41-43-45-47-49-51-53-57(63)59(65)60-55(54-61)58(64)56(62)52-50-48-46-44-42-14-12-10-8-6-4-2/h25-26,28-29,44,46,55-58,61-64H,3-24,27,30-43,45,47-54H2,1-2H3,(H,60,65)/b26-25-,29-28-,46-44+. The van der Waals surface area contributed by atoms with Crippen molar-refractivity contribution < 1.29 is 25.2 Å². The van der Waals surface area contributed by atoms with Crippen molar-refractivity contribution in [2.24, 2.45) is 0 Å². The van der Waals surface area contributed by atoms with Crippen LogP contribution in [0.3, 0.4) is 0 Å². The van der Waals surface area contributed by atoms with Crippen LogP contribution in [0.15, 0.2) is 36.5 Å². The second-order valence-corrected chi connectivity index (χ2v) is 20.0. The SMILES string of the molecule is CCCCCCCC/C=C/CCCC(O)C(O)C(CO)NC(=O)C(O)CCCCCCCCCCCCCCCCCC/C=C\C/C=C\CCCCCCCCCCCCCCCCC. The van der Waals surface area contributed by atoms with E-state index >= 15 is 0 Å². The maximum atomic E-state index is 12.5. The molecule has 0 aliphatic rings. The van der Waals surface area contributed by atoms with Gasteiger partial charge in [-0.2, -0.15) is 0 Å². The summed E-state index contributed by atoms with van der Waals surface area (Å²) < 4.78 is 0. The minimum atomic E-state index is -1.28. The molecule has 6 heteroatoms. The fourth-order valence-electron chi connectivity index (χ4n) is 9.03. The number of carbonyl (C=O) groups excluding carboxylic acids is 1. The van der Waals surface area contributed by atoms with E-state index in [0.29, 0.717) is 12.8 Å². The summed E-state index contributed by atoms with van der Waals surface area (Å²) in [5, 5.41) is 43.7. The quantitative estimate of drug-likeness (QED) is 0.0308. The molecular formula is C59H113NO5. The molecule has 1 amide bonds. The summed E-state index contributed by atoms with van der Waals surface area (Å²) in [5.41, 5.74) is 0. The summed E-state index contributed by atoms with van der Waals surface area (Å²) in [5.74, 6) is -0.592. The number of hydrogen-bond donors (Lipinski definition) is 5. The van der Waals surface area contributed by atoms with E-state index in [0.717, 1.165) is 44.9 Å². The van der Waals surface area contributed by atoms with Gasteiger partial charge in [-0.05, 0) is 70.6 Å². The number of carbonyl (C=O) groups is 1. The first-order valence-corrected chi connectivity index (χ1v) is 28.9. The van der Waals surface area contributed by atoms with Gasteiger partial charge >= 0.3 is 0 Å². The zero-order valence-electron chi connectivity index (χ0n) is 43.5. The summed E-state index contributed by atoms with van der Waals surface area (Å²) in [6, 6.07) is -1.00. The van der Waals surface area contributed by atoms with Crippen molar-refractivity contribution >= 4 is 5.91 Å². The second kappa shape index (κ2) is 53.5. The van der Waals surface area contributed by atoms with Gasteiger partial charge in [0, 0.05) is 0 Å². The molecular weight excluding hydrogens is 803 g/mol. The molecule has 0 aromatic carbocycles. The van der Waals surface area contributed by atoms with E-state index in [1.165, 1.54) is 231 Å². The molecule has 0 saturated heterocycles. The first-order chi connectivity index (χ1) is 32.0. The molecule has 0 saturated carbocycles. The third kappa shape index (κ3) is 47.4. The van der Waals surface area contributed by atoms with Gasteiger partial charge in [0.15, 0.2) is 0 Å². The molecule has 384 valence electrons. The number of aliphatic hydroxyl groups is 4. The minimum Gasteiger partial charge on any atom is -0.394 e. The number of hydrogen-bond acceptors (Lipinski definition) is 5. The number of amides is 1. The monoisotopic (exact) mass is 916 g/mol. The molecule has 0 spiro atoms. The van der Waals surface area contributed by atoms with E-state index in [-0.39, 0.29) is 0 Å². The van der Waals surface area contributed by atoms with Crippen molar-refractivity contribution in [2.75, 3.05) is 6.61 Å². The molecule has 0 fully saturated rings. The highest BCUT2D eigenvalue weighted by molar-refractivity contribution is 5.80. The Balaban J connectivity index is 3.52. The number of allylic oxidation sites excluding steroid dienone is 6. The van der Waals surface area contributed by atoms with E-state index < -0.39 is 36.9 Å². The van der Waals surface area contributed by atoms with Gasteiger partial charge in [-0.25, -0.2) is 0 Å². The van der Waals surface area contributed by atoms with Crippen molar-refractivity contribution in [2.45, 2.75) is 327 Å². The number of rotatable bonds is 53. The normalized spacial score (nSPS) is 14.0. The average molecular weight is 917 g/mol. The highest BCUT2D eigenvalue weighted by atomic mass is 16.3. The predicted molar refractivity (Wildman–Crippen MR) is 284 cm³/mol. The highest BCUT2D eigenvalue weighted by Crippen LogP contribution is 2.17. The maximum Gasteiger partial charge on any atom is 0.249 e. The molecule has 0 rings (SSSR count). The Morgan fingerprint density at radius 1 is 0.385 bits per heavy atom. The van der Waals surface area contributed by atoms with Gasteiger partial charge in [0.05, 0.1) is 18.8 Å². The van der Waals surface area contributed by atoms with Gasteiger partial charge in [-0.15, -0.1) is 0 Å². The Morgan fingerprint density at radius 3 is 1.02 bits per heavy atom. The van der Waals surface area contributed by atoms with Crippen molar-refractivity contribution in [1.82, 2.24) is 5.32 Å². The van der Waals surface area contributed by atoms with Crippen LogP contribution in [0.5, 0.6) is 0 Å². The number of nitrogens with one attached hydrogen (secondary N) is 1. The van der Waals surface area contributed by atoms with Crippen molar-refractivity contribution in [3.63, 3.8) is 0 Å². The maximum absolute atomic E-state index is 12.5. The average Bonchev–Trinajstić information content (AvgIpc) is 3.31. The Kier molecular flexibility index (Phi) is 52.3. The third-order valence-corrected chi connectivity index (χ3v) is 13.6. The van der Waals surface area contributed by atoms with Crippen LogP contribution < -0.4 is 5.32 Å². The molecule has 0 aromatic rings. The Labute approximate surface area is 405 Å². The lowest BCUT2D eigenvalue weighted by Gasteiger charge is -2.27. The fourth-order valence-corrected chi connectivity index (χ4v) is 9.03. The zero-order valence-corrected chi connectivity index (χ0v) is 43.5. The van der Waals surface area contributed by atoms with Crippen LogP contribution in [0, 0.1) is 0 Å². The van der Waals surface area contributed by atoms with Crippen LogP contribution >= 0.6 is 0 Å². The van der Waals surface area contributed by atoms with Crippen molar-refractivity contribution in [1.29, 1.82) is 0 Å². The Hall–Kier alpha value is -1.47. The second-order valence-electron chi connectivity index (χ2n) is 20.0. The van der Waals surface area contributed by atoms with Gasteiger partial charge in [0.2, 0.25) is 5.91 Å². The lowest BCUT2D eigenvalue weighted by Crippen LogP contribution is -2.53. The Bertz CT molecular complexity index is 1030. The van der Waals surface area contributed by atoms with Crippen LogP contribution in [0.4, 0.5) is 0 Å². The predicted octanol–water partition coefficient (Wildman–Crippen LogP) is 16.8. The van der Waals surface area contributed by atoms with Crippen LogP contribution in [0.1, 0.15) is 303 Å². The topological polar surface area (TPSA) is 110 Å². The van der Waals surface area contributed by atoms with Crippen molar-refractivity contribution in [3.05, 3.63) is 36.5 Å². The fraction of sp³-hybridized carbons (Fsp3) is 0.881. The molecule has 0 aromatic heterocycles. The van der Waals surface area contributed by atoms with Crippen LogP contribution in [0.2, 0.25) is 0 Å². The molecule has 0 aliphatic heterocycles. The summed E-state index contributed by atoms with van der Waals surface area (Å²) >= 11 is 0. The largest absolute Gasteiger partial charge is 0.394 e. The van der Waals surface area contributed by atoms with Gasteiger partial charge in [-0.1, -0.05) is 269 Å². The molecule has 65 heavy (non-hydrogen) atoms. The lowest BCUT2D eigenvalue weighted by molar-refractivity contribution is -0.132. The summed E-state index contributed by atoms with van der Waals surface area (Å²) in [6.07, 6.45) is 66.8. The van der Waals surface area contributed by atoms with Gasteiger partial charge < -0.3 is 25.7 Å². The van der Waals surface area contributed by atoms with E-state index in [2.05, 4.69) is 55.6 Å². The molecule has 0 aliphatic carbocycles. The van der Waals surface area contributed by atoms with E-state index in [1.54, 1.807) is 0 Å². The smallest absolute Gasteiger partial charge is 0.249 e. The van der Waals surface area contributed by atoms with E-state index in [9.17, 15) is 25.2 Å². The van der Waals surface area contributed by atoms with E-state index in [4.69, 9.17) is 0 Å². The first-order valence-electron chi connectivity index (χ1n) is 28.9. The van der Waals surface area contributed by atoms with Crippen LogP contribution in [-0.4, -0.2) is 57.3 Å². The van der Waals surface area contributed by atoms with Gasteiger partial charge in [0.25, 0.3) is 0 Å². The summed E-state index contributed by atoms with van der Waals surface area (Å²) in [4.78, 5) is 12.5. The first kappa shape index (κ1) is 63.5. The molecule has 0 radical (unpaired) electrons. The van der Waals surface area contributed by atoms with Gasteiger partial charge in [0.1, 0.15) is 12.2 Å². The highest BCUT2D eigenvalue weighted by Gasteiger charge is 2.28. The third-order valence-electron chi connectivity index (χ3n) is 13.6. The minimum absolute atomic E-state index is 0.364. The molecule has 0 heterocycles. The Morgan fingerprint density at radius 2 is 0.677 bits per heavy atom. The molecule has 6 nitrogen and oxygen atoms in total. The van der Waals surface area contributed by atoms with Crippen LogP contribution in [0.25, 0.3) is 0 Å². The molecule has 5 N–H and O–H groups in total. The molecule has 4 atom stereocenters. The molecule has 4 unspecified atom stereocenters. The molecule has 0 bridgehead atoms.